The van der Waals surface area contributed by atoms with Crippen molar-refractivity contribution >= 4 is 0 Å². The van der Waals surface area contributed by atoms with Gasteiger partial charge in [-0.25, -0.2) is 0 Å². The number of hydrogen-bond donors (Lipinski definition) is 1. The van der Waals surface area contributed by atoms with E-state index >= 15 is 0 Å². The fraction of sp³-hybridized carbons (Fsp3) is 0.625. The van der Waals surface area contributed by atoms with Gasteiger partial charge in [0.25, 0.3) is 0 Å². The van der Waals surface area contributed by atoms with Crippen LogP contribution in [0.2, 0.25) is 0 Å². The Kier molecular flexibility index (Phi) is 4.79. The van der Waals surface area contributed by atoms with E-state index in [1.165, 1.54) is 43.4 Å². The first kappa shape index (κ1) is 13.6. The summed E-state index contributed by atoms with van der Waals surface area (Å²) in [6.45, 7) is 6.41. The van der Waals surface area contributed by atoms with E-state index in [0.717, 1.165) is 0 Å². The molecule has 2 unspecified atom stereocenters. The maximum atomic E-state index is 6.06. The van der Waals surface area contributed by atoms with Gasteiger partial charge in [0.15, 0.2) is 0 Å². The highest BCUT2D eigenvalue weighted by atomic mass is 15.2. The van der Waals surface area contributed by atoms with Gasteiger partial charge in [0.05, 0.1) is 0 Å². The van der Waals surface area contributed by atoms with Gasteiger partial charge in [-0.1, -0.05) is 42.7 Å². The summed E-state index contributed by atoms with van der Waals surface area (Å²) in [6.07, 6.45) is 5.35. The molecule has 1 heterocycles. The number of benzene rings is 1. The molecule has 0 amide bonds. The SMILES string of the molecule is Cc1cccc(C(CN)N2CCCCCC2C)c1. The van der Waals surface area contributed by atoms with Crippen LogP contribution in [0.25, 0.3) is 0 Å². The van der Waals surface area contributed by atoms with Crippen LogP contribution in [0.1, 0.15) is 49.8 Å². The molecule has 0 bridgehead atoms. The lowest BCUT2D eigenvalue weighted by Crippen LogP contribution is -2.39. The Bertz CT molecular complexity index is 375. The zero-order chi connectivity index (χ0) is 13.0. The zero-order valence-electron chi connectivity index (χ0n) is 11.7. The van der Waals surface area contributed by atoms with Gasteiger partial charge in [0, 0.05) is 18.6 Å². The quantitative estimate of drug-likeness (QED) is 0.887. The molecule has 1 saturated heterocycles. The van der Waals surface area contributed by atoms with Gasteiger partial charge in [-0.3, -0.25) is 4.90 Å². The third kappa shape index (κ3) is 3.12. The number of nitrogens with zero attached hydrogens (tertiary/aromatic N) is 1. The summed E-state index contributed by atoms with van der Waals surface area (Å²) >= 11 is 0. The van der Waals surface area contributed by atoms with Crippen LogP contribution in [-0.4, -0.2) is 24.0 Å². The summed E-state index contributed by atoms with van der Waals surface area (Å²) in [7, 11) is 0. The van der Waals surface area contributed by atoms with E-state index in [4.69, 9.17) is 5.73 Å². The topological polar surface area (TPSA) is 29.3 Å². The van der Waals surface area contributed by atoms with Crippen LogP contribution in [0.4, 0.5) is 0 Å². The van der Waals surface area contributed by atoms with Gasteiger partial charge in [-0.2, -0.15) is 0 Å². The third-order valence-corrected chi connectivity index (χ3v) is 4.15. The fourth-order valence-electron chi connectivity index (χ4n) is 3.10. The van der Waals surface area contributed by atoms with Crippen molar-refractivity contribution in [2.24, 2.45) is 5.73 Å². The lowest BCUT2D eigenvalue weighted by molar-refractivity contribution is 0.151. The van der Waals surface area contributed by atoms with Crippen LogP contribution in [0.15, 0.2) is 24.3 Å². The largest absolute Gasteiger partial charge is 0.329 e. The van der Waals surface area contributed by atoms with Crippen molar-refractivity contribution in [1.82, 2.24) is 4.90 Å². The van der Waals surface area contributed by atoms with Crippen molar-refractivity contribution in [1.29, 1.82) is 0 Å². The molecule has 0 aromatic heterocycles. The van der Waals surface area contributed by atoms with Crippen LogP contribution in [0.3, 0.4) is 0 Å². The van der Waals surface area contributed by atoms with Crippen LogP contribution >= 0.6 is 0 Å². The number of hydrogen-bond acceptors (Lipinski definition) is 2. The third-order valence-electron chi connectivity index (χ3n) is 4.15. The molecule has 2 N–H and O–H groups in total. The van der Waals surface area contributed by atoms with Crippen molar-refractivity contribution in [3.63, 3.8) is 0 Å². The second kappa shape index (κ2) is 6.35. The number of rotatable bonds is 3. The first-order valence-corrected chi connectivity index (χ1v) is 7.24. The summed E-state index contributed by atoms with van der Waals surface area (Å²) in [4.78, 5) is 2.61. The minimum atomic E-state index is 0.387. The summed E-state index contributed by atoms with van der Waals surface area (Å²) in [5.74, 6) is 0. The van der Waals surface area contributed by atoms with Crippen LogP contribution in [-0.2, 0) is 0 Å². The molecule has 1 aliphatic heterocycles. The standard InChI is InChI=1S/C16H26N2/c1-13-7-6-9-15(11-13)16(12-17)18-10-5-3-4-8-14(18)2/h6-7,9,11,14,16H,3-5,8,10,12,17H2,1-2H3. The van der Waals surface area contributed by atoms with E-state index in [1.54, 1.807) is 0 Å². The smallest absolute Gasteiger partial charge is 0.0473 e. The molecule has 2 heteroatoms. The van der Waals surface area contributed by atoms with Gasteiger partial charge < -0.3 is 5.73 Å². The minimum Gasteiger partial charge on any atom is -0.329 e. The molecule has 0 radical (unpaired) electrons. The molecule has 1 fully saturated rings. The average molecular weight is 246 g/mol. The molecule has 18 heavy (non-hydrogen) atoms. The van der Waals surface area contributed by atoms with Gasteiger partial charge in [-0.15, -0.1) is 0 Å². The monoisotopic (exact) mass is 246 g/mol. The highest BCUT2D eigenvalue weighted by Crippen LogP contribution is 2.27. The summed E-state index contributed by atoms with van der Waals surface area (Å²) in [5, 5.41) is 0. The first-order chi connectivity index (χ1) is 8.72. The summed E-state index contributed by atoms with van der Waals surface area (Å²) in [5.41, 5.74) is 8.77. The van der Waals surface area contributed by atoms with Crippen molar-refractivity contribution in [3.05, 3.63) is 35.4 Å². The Morgan fingerprint density at radius 1 is 1.33 bits per heavy atom. The highest BCUT2D eigenvalue weighted by Gasteiger charge is 2.25. The lowest BCUT2D eigenvalue weighted by Gasteiger charge is -2.35. The van der Waals surface area contributed by atoms with E-state index in [2.05, 4.69) is 43.0 Å². The van der Waals surface area contributed by atoms with Crippen LogP contribution in [0.5, 0.6) is 0 Å². The molecule has 1 aliphatic rings. The van der Waals surface area contributed by atoms with Crippen LogP contribution < -0.4 is 5.73 Å². The van der Waals surface area contributed by atoms with Crippen LogP contribution in [0, 0.1) is 6.92 Å². The zero-order valence-corrected chi connectivity index (χ0v) is 11.7. The van der Waals surface area contributed by atoms with Crippen molar-refractivity contribution in [3.8, 4) is 0 Å². The molecule has 2 nitrogen and oxygen atoms in total. The van der Waals surface area contributed by atoms with E-state index in [1.807, 2.05) is 0 Å². The second-order valence-electron chi connectivity index (χ2n) is 5.60. The number of aryl methyl sites for hydroxylation is 1. The lowest BCUT2D eigenvalue weighted by atomic mass is 10.0. The van der Waals surface area contributed by atoms with E-state index in [9.17, 15) is 0 Å². The van der Waals surface area contributed by atoms with Crippen molar-refractivity contribution in [2.45, 2.75) is 51.6 Å². The van der Waals surface area contributed by atoms with Gasteiger partial charge in [0.1, 0.15) is 0 Å². The molecule has 2 atom stereocenters. The fourth-order valence-corrected chi connectivity index (χ4v) is 3.10. The number of likely N-dealkylation sites (tertiary alicyclic amines) is 1. The van der Waals surface area contributed by atoms with Crippen molar-refractivity contribution in [2.75, 3.05) is 13.1 Å². The normalized spacial score (nSPS) is 23.6. The average Bonchev–Trinajstić information content (AvgIpc) is 2.56. The van der Waals surface area contributed by atoms with Crippen molar-refractivity contribution < 1.29 is 0 Å². The highest BCUT2D eigenvalue weighted by molar-refractivity contribution is 5.25. The Balaban J connectivity index is 2.21. The van der Waals surface area contributed by atoms with E-state index < -0.39 is 0 Å². The molecule has 1 aromatic rings. The molecule has 0 spiro atoms. The Hall–Kier alpha value is -0.860. The maximum absolute atomic E-state index is 6.06. The van der Waals surface area contributed by atoms with Gasteiger partial charge in [-0.05, 0) is 38.8 Å². The Labute approximate surface area is 111 Å². The predicted octanol–water partition coefficient (Wildman–Crippen LogP) is 3.26. The molecular formula is C16H26N2. The van der Waals surface area contributed by atoms with Gasteiger partial charge >= 0.3 is 0 Å². The molecular weight excluding hydrogens is 220 g/mol. The second-order valence-corrected chi connectivity index (χ2v) is 5.60. The molecule has 100 valence electrons. The molecule has 0 saturated carbocycles. The molecule has 2 rings (SSSR count). The predicted molar refractivity (Wildman–Crippen MR) is 77.6 cm³/mol. The van der Waals surface area contributed by atoms with E-state index in [0.29, 0.717) is 18.6 Å². The Morgan fingerprint density at radius 2 is 2.17 bits per heavy atom. The minimum absolute atomic E-state index is 0.387. The first-order valence-electron chi connectivity index (χ1n) is 7.24. The number of nitrogens with two attached hydrogens (primary N) is 1. The van der Waals surface area contributed by atoms with Gasteiger partial charge in [0.2, 0.25) is 0 Å². The van der Waals surface area contributed by atoms with E-state index in [-0.39, 0.29) is 0 Å². The Morgan fingerprint density at radius 3 is 2.89 bits per heavy atom. The summed E-state index contributed by atoms with van der Waals surface area (Å²) < 4.78 is 0. The maximum Gasteiger partial charge on any atom is 0.0473 e. The molecule has 1 aromatic carbocycles. The summed E-state index contributed by atoms with van der Waals surface area (Å²) in [6, 6.07) is 9.86. The molecule has 0 aliphatic carbocycles.